The second kappa shape index (κ2) is 11.7. The molecule has 0 aliphatic carbocycles. The highest BCUT2D eigenvalue weighted by molar-refractivity contribution is 5.85. The zero-order valence-corrected chi connectivity index (χ0v) is 16.5. The van der Waals surface area contributed by atoms with Crippen LogP contribution in [0.4, 0.5) is 0 Å². The Bertz CT molecular complexity index is 513. The Labute approximate surface area is 163 Å². The van der Waals surface area contributed by atoms with E-state index in [1.165, 1.54) is 49.9 Å². The molecule has 4 nitrogen and oxygen atoms in total. The number of amides is 1. The first-order chi connectivity index (χ1) is 11.3. The van der Waals surface area contributed by atoms with E-state index in [2.05, 4.69) is 39.8 Å². The van der Waals surface area contributed by atoms with Crippen LogP contribution in [0.5, 0.6) is 0 Å². The van der Waals surface area contributed by atoms with E-state index in [1.807, 2.05) is 0 Å². The maximum Gasteiger partial charge on any atom is 0.237 e. The molecular formula is C19H31Cl2N3O. The van der Waals surface area contributed by atoms with Crippen molar-refractivity contribution in [3.8, 4) is 0 Å². The van der Waals surface area contributed by atoms with Gasteiger partial charge in [0.25, 0.3) is 0 Å². The van der Waals surface area contributed by atoms with Crippen molar-refractivity contribution in [1.82, 2.24) is 15.5 Å². The smallest absolute Gasteiger partial charge is 0.237 e. The molecule has 0 spiro atoms. The van der Waals surface area contributed by atoms with Gasteiger partial charge in [0.05, 0.1) is 6.04 Å². The number of likely N-dealkylation sites (tertiary alicyclic amines) is 1. The van der Waals surface area contributed by atoms with Crippen molar-refractivity contribution in [3.05, 3.63) is 35.4 Å². The molecule has 1 amide bonds. The third-order valence-corrected chi connectivity index (χ3v) is 4.94. The first-order valence-electron chi connectivity index (χ1n) is 9.12. The van der Waals surface area contributed by atoms with Gasteiger partial charge in [-0.3, -0.25) is 9.69 Å². The molecule has 2 heterocycles. The van der Waals surface area contributed by atoms with Crippen LogP contribution in [-0.2, 0) is 17.9 Å². The van der Waals surface area contributed by atoms with Gasteiger partial charge in [0, 0.05) is 13.1 Å². The van der Waals surface area contributed by atoms with Crippen molar-refractivity contribution in [3.63, 3.8) is 0 Å². The van der Waals surface area contributed by atoms with Gasteiger partial charge in [0.1, 0.15) is 0 Å². The molecule has 1 atom stereocenters. The van der Waals surface area contributed by atoms with Crippen molar-refractivity contribution < 1.29 is 4.79 Å². The summed E-state index contributed by atoms with van der Waals surface area (Å²) >= 11 is 0. The molecule has 25 heavy (non-hydrogen) atoms. The Morgan fingerprint density at radius 1 is 1.08 bits per heavy atom. The van der Waals surface area contributed by atoms with Crippen LogP contribution in [-0.4, -0.2) is 36.5 Å². The van der Waals surface area contributed by atoms with Gasteiger partial charge in [-0.1, -0.05) is 37.1 Å². The molecule has 0 bridgehead atoms. The molecular weight excluding hydrogens is 357 g/mol. The van der Waals surface area contributed by atoms with Crippen LogP contribution in [0.1, 0.15) is 49.7 Å². The molecule has 3 rings (SSSR count). The molecule has 142 valence electrons. The zero-order chi connectivity index (χ0) is 15.9. The summed E-state index contributed by atoms with van der Waals surface area (Å²) in [5.74, 6) is 0.139. The summed E-state index contributed by atoms with van der Waals surface area (Å²) in [6.45, 7) is 5.06. The van der Waals surface area contributed by atoms with Crippen molar-refractivity contribution in [2.45, 2.75) is 57.7 Å². The SMILES string of the molecule is Cl.Cl.O=C(NCc1cccc(CN2CCCCCC2)c1)C1CCCN1. The normalized spacial score (nSPS) is 20.9. The molecule has 0 radical (unpaired) electrons. The summed E-state index contributed by atoms with van der Waals surface area (Å²) in [6.07, 6.45) is 7.45. The van der Waals surface area contributed by atoms with Crippen LogP contribution < -0.4 is 10.6 Å². The van der Waals surface area contributed by atoms with Crippen molar-refractivity contribution in [2.24, 2.45) is 0 Å². The van der Waals surface area contributed by atoms with Gasteiger partial charge in [0.2, 0.25) is 5.91 Å². The lowest BCUT2D eigenvalue weighted by molar-refractivity contribution is -0.122. The lowest BCUT2D eigenvalue weighted by Gasteiger charge is -2.20. The standard InChI is InChI=1S/C19H29N3O.2ClH/c23-19(18-9-6-10-20-18)21-14-16-7-5-8-17(13-16)15-22-11-3-1-2-4-12-22;;/h5,7-8,13,18,20H,1-4,6,9-12,14-15H2,(H,21,23);2*1H. The van der Waals surface area contributed by atoms with Crippen LogP contribution >= 0.6 is 24.8 Å². The van der Waals surface area contributed by atoms with Gasteiger partial charge >= 0.3 is 0 Å². The third kappa shape index (κ3) is 7.14. The number of hydrogen-bond donors (Lipinski definition) is 2. The first kappa shape index (κ1) is 22.2. The Kier molecular flexibility index (Phi) is 10.4. The number of hydrogen-bond acceptors (Lipinski definition) is 3. The van der Waals surface area contributed by atoms with E-state index in [4.69, 9.17) is 0 Å². The average Bonchev–Trinajstić information content (AvgIpc) is 2.99. The lowest BCUT2D eigenvalue weighted by Crippen LogP contribution is -2.40. The fourth-order valence-corrected chi connectivity index (χ4v) is 3.61. The molecule has 1 aromatic rings. The van der Waals surface area contributed by atoms with E-state index in [0.29, 0.717) is 6.54 Å². The van der Waals surface area contributed by atoms with Crippen molar-refractivity contribution in [2.75, 3.05) is 19.6 Å². The first-order valence-corrected chi connectivity index (χ1v) is 9.12. The second-order valence-electron chi connectivity index (χ2n) is 6.88. The van der Waals surface area contributed by atoms with Crippen molar-refractivity contribution in [1.29, 1.82) is 0 Å². The average molecular weight is 388 g/mol. The van der Waals surface area contributed by atoms with E-state index in [0.717, 1.165) is 25.9 Å². The van der Waals surface area contributed by atoms with Gasteiger partial charge in [-0.05, 0) is 56.4 Å². The number of nitrogens with one attached hydrogen (secondary N) is 2. The molecule has 2 aliphatic rings. The van der Waals surface area contributed by atoms with Gasteiger partial charge in [-0.25, -0.2) is 0 Å². The van der Waals surface area contributed by atoms with Crippen LogP contribution in [0, 0.1) is 0 Å². The minimum atomic E-state index is 0. The Hall–Kier alpha value is -0.810. The molecule has 2 N–H and O–H groups in total. The van der Waals surface area contributed by atoms with E-state index in [1.54, 1.807) is 0 Å². The minimum absolute atomic E-state index is 0. The molecule has 1 unspecified atom stereocenters. The monoisotopic (exact) mass is 387 g/mol. The molecule has 1 aromatic carbocycles. The molecule has 2 saturated heterocycles. The van der Waals surface area contributed by atoms with E-state index < -0.39 is 0 Å². The highest BCUT2D eigenvalue weighted by Crippen LogP contribution is 2.14. The quantitative estimate of drug-likeness (QED) is 0.814. The summed E-state index contributed by atoms with van der Waals surface area (Å²) in [7, 11) is 0. The predicted molar refractivity (Wildman–Crippen MR) is 108 cm³/mol. The fourth-order valence-electron chi connectivity index (χ4n) is 3.61. The van der Waals surface area contributed by atoms with Gasteiger partial charge in [0.15, 0.2) is 0 Å². The molecule has 2 aliphatic heterocycles. The van der Waals surface area contributed by atoms with Crippen LogP contribution in [0.15, 0.2) is 24.3 Å². The van der Waals surface area contributed by atoms with Crippen LogP contribution in [0.3, 0.4) is 0 Å². The Morgan fingerprint density at radius 3 is 2.48 bits per heavy atom. The second-order valence-corrected chi connectivity index (χ2v) is 6.88. The lowest BCUT2D eigenvalue weighted by atomic mass is 10.1. The molecule has 0 saturated carbocycles. The highest BCUT2D eigenvalue weighted by atomic mass is 35.5. The number of benzene rings is 1. The van der Waals surface area contributed by atoms with E-state index in [-0.39, 0.29) is 36.8 Å². The summed E-state index contributed by atoms with van der Waals surface area (Å²) in [4.78, 5) is 14.6. The predicted octanol–water partition coefficient (Wildman–Crippen LogP) is 3.27. The summed E-state index contributed by atoms with van der Waals surface area (Å²) in [5, 5.41) is 6.31. The highest BCUT2D eigenvalue weighted by Gasteiger charge is 2.21. The largest absolute Gasteiger partial charge is 0.351 e. The van der Waals surface area contributed by atoms with E-state index >= 15 is 0 Å². The number of carbonyl (C=O) groups is 1. The summed E-state index contributed by atoms with van der Waals surface area (Å²) < 4.78 is 0. The molecule has 0 aromatic heterocycles. The Balaban J connectivity index is 0.00000156. The molecule has 2 fully saturated rings. The summed E-state index contributed by atoms with van der Waals surface area (Å²) in [6, 6.07) is 8.67. The van der Waals surface area contributed by atoms with Crippen LogP contribution in [0.25, 0.3) is 0 Å². The fraction of sp³-hybridized carbons (Fsp3) is 0.632. The number of rotatable bonds is 5. The zero-order valence-electron chi connectivity index (χ0n) is 14.8. The minimum Gasteiger partial charge on any atom is -0.351 e. The summed E-state index contributed by atoms with van der Waals surface area (Å²) in [5.41, 5.74) is 2.56. The number of nitrogens with zero attached hydrogens (tertiary/aromatic N) is 1. The maximum absolute atomic E-state index is 12.1. The number of carbonyl (C=O) groups excluding carboxylic acids is 1. The van der Waals surface area contributed by atoms with Gasteiger partial charge < -0.3 is 10.6 Å². The van der Waals surface area contributed by atoms with Gasteiger partial charge in [-0.15, -0.1) is 24.8 Å². The maximum atomic E-state index is 12.1. The van der Waals surface area contributed by atoms with Crippen molar-refractivity contribution >= 4 is 30.7 Å². The third-order valence-electron chi connectivity index (χ3n) is 4.94. The molecule has 6 heteroatoms. The van der Waals surface area contributed by atoms with E-state index in [9.17, 15) is 4.79 Å². The van der Waals surface area contributed by atoms with Crippen LogP contribution in [0.2, 0.25) is 0 Å². The van der Waals surface area contributed by atoms with Gasteiger partial charge in [-0.2, -0.15) is 0 Å². The topological polar surface area (TPSA) is 44.4 Å². The Morgan fingerprint density at radius 2 is 1.80 bits per heavy atom. The number of halogens is 2.